The molecule has 1 atom stereocenters. The summed E-state index contributed by atoms with van der Waals surface area (Å²) in [7, 11) is 0. The van der Waals surface area contributed by atoms with Crippen LogP contribution in [0.4, 0.5) is 4.39 Å². The van der Waals surface area contributed by atoms with Crippen molar-refractivity contribution in [2.45, 2.75) is 32.4 Å². The summed E-state index contributed by atoms with van der Waals surface area (Å²) in [5.41, 5.74) is 2.32. The molecule has 2 aromatic rings. The van der Waals surface area contributed by atoms with E-state index >= 15 is 0 Å². The van der Waals surface area contributed by atoms with E-state index in [0.717, 1.165) is 37.1 Å². The van der Waals surface area contributed by atoms with Gasteiger partial charge in [-0.2, -0.15) is 0 Å². The highest BCUT2D eigenvalue weighted by Gasteiger charge is 2.26. The summed E-state index contributed by atoms with van der Waals surface area (Å²) in [4.78, 5) is 14.3. The molecule has 0 spiro atoms. The van der Waals surface area contributed by atoms with Gasteiger partial charge in [0.25, 0.3) is 0 Å². The van der Waals surface area contributed by atoms with E-state index in [0.29, 0.717) is 18.7 Å². The van der Waals surface area contributed by atoms with Crippen LogP contribution in [0.3, 0.4) is 0 Å². The number of nitrogens with zero attached hydrogens (tertiary/aromatic N) is 1. The average molecular weight is 370 g/mol. The number of benzene rings is 2. The highest BCUT2D eigenvalue weighted by Crippen LogP contribution is 2.30. The predicted octanol–water partition coefficient (Wildman–Crippen LogP) is 3.20. The van der Waals surface area contributed by atoms with E-state index in [-0.39, 0.29) is 17.6 Å². The lowest BCUT2D eigenvalue weighted by molar-refractivity contribution is -0.122. The number of likely N-dealkylation sites (tertiary alicyclic amines) is 1. The molecule has 0 radical (unpaired) electrons. The summed E-state index contributed by atoms with van der Waals surface area (Å²) in [6, 6.07) is 14.8. The second kappa shape index (κ2) is 9.11. The monoisotopic (exact) mass is 370 g/mol. The van der Waals surface area contributed by atoms with E-state index < -0.39 is 6.10 Å². The Labute approximate surface area is 160 Å². The number of hydrogen-bond acceptors (Lipinski definition) is 3. The molecule has 1 fully saturated rings. The van der Waals surface area contributed by atoms with Crippen molar-refractivity contribution in [2.75, 3.05) is 19.6 Å². The number of piperidine rings is 1. The van der Waals surface area contributed by atoms with Gasteiger partial charge in [0.05, 0.1) is 12.6 Å². The number of aryl methyl sites for hydroxylation is 1. The molecule has 5 heteroatoms. The van der Waals surface area contributed by atoms with Gasteiger partial charge in [0.1, 0.15) is 5.82 Å². The number of halogens is 1. The summed E-state index contributed by atoms with van der Waals surface area (Å²) < 4.78 is 13.6. The molecule has 0 bridgehead atoms. The molecule has 1 aliphatic heterocycles. The van der Waals surface area contributed by atoms with Crippen molar-refractivity contribution in [3.05, 3.63) is 71.0 Å². The highest BCUT2D eigenvalue weighted by molar-refractivity contribution is 5.78. The second-order valence-corrected chi connectivity index (χ2v) is 7.33. The molecule has 1 amide bonds. The molecule has 27 heavy (non-hydrogen) atoms. The van der Waals surface area contributed by atoms with Crippen LogP contribution in [0, 0.1) is 18.7 Å². The average Bonchev–Trinajstić information content (AvgIpc) is 2.69. The van der Waals surface area contributed by atoms with Gasteiger partial charge in [-0.3, -0.25) is 9.69 Å². The van der Waals surface area contributed by atoms with Crippen molar-refractivity contribution in [3.8, 4) is 0 Å². The van der Waals surface area contributed by atoms with Gasteiger partial charge in [0, 0.05) is 6.54 Å². The minimum Gasteiger partial charge on any atom is -0.388 e. The van der Waals surface area contributed by atoms with Crippen LogP contribution in [0.2, 0.25) is 0 Å². The van der Waals surface area contributed by atoms with E-state index in [1.165, 1.54) is 6.07 Å². The van der Waals surface area contributed by atoms with Crippen molar-refractivity contribution >= 4 is 5.91 Å². The summed E-state index contributed by atoms with van der Waals surface area (Å²) in [5, 5.41) is 13.4. The first-order chi connectivity index (χ1) is 13.0. The number of carbonyl (C=O) groups is 1. The van der Waals surface area contributed by atoms with Crippen molar-refractivity contribution in [2.24, 2.45) is 5.92 Å². The molecule has 144 valence electrons. The molecular weight excluding hydrogens is 343 g/mol. The van der Waals surface area contributed by atoms with E-state index in [4.69, 9.17) is 0 Å². The Bertz CT molecular complexity index is 758. The minimum absolute atomic E-state index is 0.0574. The standard InChI is InChI=1S/C22H27FN2O2/c1-16-7-8-17(13-20(16)23)14-24-21(26)15-25-11-9-19(10-12-25)22(27)18-5-3-2-4-6-18/h2-8,13,19,22,27H,9-12,14-15H2,1H3,(H,24,26). The van der Waals surface area contributed by atoms with Crippen LogP contribution in [0.1, 0.15) is 35.6 Å². The van der Waals surface area contributed by atoms with Gasteiger partial charge >= 0.3 is 0 Å². The zero-order valence-electron chi connectivity index (χ0n) is 15.7. The van der Waals surface area contributed by atoms with E-state index in [9.17, 15) is 14.3 Å². The SMILES string of the molecule is Cc1ccc(CNC(=O)CN2CCC(C(O)c3ccccc3)CC2)cc1F. The number of aliphatic hydroxyl groups excluding tert-OH is 1. The number of nitrogens with one attached hydrogen (secondary N) is 1. The third-order valence-corrected chi connectivity index (χ3v) is 5.31. The molecule has 1 aliphatic rings. The maximum atomic E-state index is 13.6. The molecule has 2 aromatic carbocycles. The normalized spacial score (nSPS) is 16.9. The largest absolute Gasteiger partial charge is 0.388 e. The van der Waals surface area contributed by atoms with Gasteiger partial charge in [-0.1, -0.05) is 42.5 Å². The Hall–Kier alpha value is -2.24. The predicted molar refractivity (Wildman–Crippen MR) is 104 cm³/mol. The molecular formula is C22H27FN2O2. The van der Waals surface area contributed by atoms with Crippen molar-refractivity contribution < 1.29 is 14.3 Å². The lowest BCUT2D eigenvalue weighted by Crippen LogP contribution is -2.42. The maximum absolute atomic E-state index is 13.6. The molecule has 1 unspecified atom stereocenters. The number of aliphatic hydroxyl groups is 1. The van der Waals surface area contributed by atoms with Crippen LogP contribution < -0.4 is 5.32 Å². The number of carbonyl (C=O) groups excluding carboxylic acids is 1. The Morgan fingerprint density at radius 2 is 1.93 bits per heavy atom. The van der Waals surface area contributed by atoms with Gasteiger partial charge in [0.15, 0.2) is 0 Å². The quantitative estimate of drug-likeness (QED) is 0.821. The van der Waals surface area contributed by atoms with Gasteiger partial charge < -0.3 is 10.4 Å². The van der Waals surface area contributed by atoms with Crippen molar-refractivity contribution in [3.63, 3.8) is 0 Å². The lowest BCUT2D eigenvalue weighted by Gasteiger charge is -2.34. The van der Waals surface area contributed by atoms with Crippen LogP contribution in [0.5, 0.6) is 0 Å². The van der Waals surface area contributed by atoms with Gasteiger partial charge in [-0.25, -0.2) is 4.39 Å². The Balaban J connectivity index is 1.42. The van der Waals surface area contributed by atoms with Crippen LogP contribution in [0.25, 0.3) is 0 Å². The van der Waals surface area contributed by atoms with E-state index in [1.807, 2.05) is 36.4 Å². The molecule has 0 aromatic heterocycles. The zero-order chi connectivity index (χ0) is 19.2. The summed E-state index contributed by atoms with van der Waals surface area (Å²) >= 11 is 0. The van der Waals surface area contributed by atoms with Gasteiger partial charge in [0.2, 0.25) is 5.91 Å². The molecule has 4 nitrogen and oxygen atoms in total. The maximum Gasteiger partial charge on any atom is 0.234 e. The summed E-state index contributed by atoms with van der Waals surface area (Å²) in [6.45, 7) is 3.97. The number of amides is 1. The van der Waals surface area contributed by atoms with Gasteiger partial charge in [-0.05, 0) is 61.5 Å². The fourth-order valence-electron chi connectivity index (χ4n) is 3.56. The van der Waals surface area contributed by atoms with E-state index in [1.54, 1.807) is 13.0 Å². The Morgan fingerprint density at radius 1 is 1.22 bits per heavy atom. The second-order valence-electron chi connectivity index (χ2n) is 7.33. The van der Waals surface area contributed by atoms with Crippen molar-refractivity contribution in [1.29, 1.82) is 0 Å². The zero-order valence-corrected chi connectivity index (χ0v) is 15.7. The molecule has 2 N–H and O–H groups in total. The fourth-order valence-corrected chi connectivity index (χ4v) is 3.56. The smallest absolute Gasteiger partial charge is 0.234 e. The molecule has 3 rings (SSSR count). The highest BCUT2D eigenvalue weighted by atomic mass is 19.1. The third kappa shape index (κ3) is 5.37. The first-order valence-electron chi connectivity index (χ1n) is 9.50. The van der Waals surface area contributed by atoms with Crippen LogP contribution in [-0.4, -0.2) is 35.5 Å². The van der Waals surface area contributed by atoms with Crippen molar-refractivity contribution in [1.82, 2.24) is 10.2 Å². The molecule has 1 heterocycles. The molecule has 0 aliphatic carbocycles. The summed E-state index contributed by atoms with van der Waals surface area (Å²) in [5.74, 6) is -0.0823. The first kappa shape index (κ1) is 19.5. The van der Waals surface area contributed by atoms with Gasteiger partial charge in [-0.15, -0.1) is 0 Å². The van der Waals surface area contributed by atoms with Crippen LogP contribution in [-0.2, 0) is 11.3 Å². The van der Waals surface area contributed by atoms with Crippen LogP contribution >= 0.6 is 0 Å². The number of rotatable bonds is 6. The topological polar surface area (TPSA) is 52.6 Å². The molecule has 0 saturated carbocycles. The lowest BCUT2D eigenvalue weighted by atomic mass is 9.87. The minimum atomic E-state index is -0.446. The summed E-state index contributed by atoms with van der Waals surface area (Å²) in [6.07, 6.45) is 1.29. The Kier molecular flexibility index (Phi) is 6.58. The number of hydrogen-bond donors (Lipinski definition) is 2. The van der Waals surface area contributed by atoms with Crippen LogP contribution in [0.15, 0.2) is 48.5 Å². The first-order valence-corrected chi connectivity index (χ1v) is 9.50. The molecule has 1 saturated heterocycles. The fraction of sp³-hybridized carbons (Fsp3) is 0.409. The third-order valence-electron chi connectivity index (χ3n) is 5.31. The Morgan fingerprint density at radius 3 is 2.59 bits per heavy atom. The van der Waals surface area contributed by atoms with E-state index in [2.05, 4.69) is 10.2 Å².